The number of benzene rings is 1. The van der Waals surface area contributed by atoms with Crippen LogP contribution in [-0.2, 0) is 0 Å². The lowest BCUT2D eigenvalue weighted by Crippen LogP contribution is -2.46. The van der Waals surface area contributed by atoms with E-state index in [2.05, 4.69) is 10.0 Å². The predicted molar refractivity (Wildman–Crippen MR) is 88.1 cm³/mol. The Balaban J connectivity index is 2.37. The van der Waals surface area contributed by atoms with Gasteiger partial charge in [0, 0.05) is 22.6 Å². The number of hydrogen-bond acceptors (Lipinski definition) is 2. The molecule has 1 aliphatic rings. The molecule has 0 heterocycles. The van der Waals surface area contributed by atoms with Gasteiger partial charge in [-0.05, 0) is 43.4 Å². The van der Waals surface area contributed by atoms with E-state index in [1.54, 1.807) is 18.2 Å². The van der Waals surface area contributed by atoms with Crippen LogP contribution in [0.25, 0.3) is 10.4 Å². The molecule has 0 aliphatic heterocycles. The zero-order chi connectivity index (χ0) is 16.8. The summed E-state index contributed by atoms with van der Waals surface area (Å²) in [7, 11) is 0. The van der Waals surface area contributed by atoms with Crippen molar-refractivity contribution in [3.05, 3.63) is 45.8 Å². The Morgan fingerprint density at radius 3 is 2.35 bits per heavy atom. The molecule has 1 aliphatic carbocycles. The zero-order valence-corrected chi connectivity index (χ0v) is 13.6. The van der Waals surface area contributed by atoms with Crippen LogP contribution in [0.2, 0.25) is 0 Å². The molecule has 0 bridgehead atoms. The Morgan fingerprint density at radius 1 is 1.17 bits per heavy atom. The first-order chi connectivity index (χ1) is 11.1. The smallest absolute Gasteiger partial charge is 0.255 e. The Kier molecular flexibility index (Phi) is 5.77. The highest BCUT2D eigenvalue weighted by atomic mass is 16.2. The van der Waals surface area contributed by atoms with Crippen molar-refractivity contribution in [2.75, 3.05) is 0 Å². The van der Waals surface area contributed by atoms with E-state index in [0.717, 1.165) is 25.7 Å². The van der Waals surface area contributed by atoms with Crippen LogP contribution in [0.15, 0.2) is 29.4 Å². The minimum Gasteiger partial charge on any atom is -0.333 e. The van der Waals surface area contributed by atoms with Gasteiger partial charge in [0.1, 0.15) is 0 Å². The number of nitrogens with zero attached hydrogens (tertiary/aromatic N) is 4. The molecule has 1 aromatic rings. The standard InChI is InChI=1S/C17H22N4O2/c1-12(2)21(13-8-4-3-5-9-13)17(23)15-11-7-6-10-14(15)16(22)19-20-18/h6-7,10-13H,3-5,8-9H2,1-2H3. The maximum absolute atomic E-state index is 13.1. The molecule has 0 radical (unpaired) electrons. The summed E-state index contributed by atoms with van der Waals surface area (Å²) in [6, 6.07) is 6.80. The van der Waals surface area contributed by atoms with Crippen LogP contribution in [0, 0.1) is 0 Å². The van der Waals surface area contributed by atoms with Crippen LogP contribution in [0.3, 0.4) is 0 Å². The van der Waals surface area contributed by atoms with Crippen molar-refractivity contribution < 1.29 is 9.59 Å². The van der Waals surface area contributed by atoms with Gasteiger partial charge < -0.3 is 4.90 Å². The first-order valence-electron chi connectivity index (χ1n) is 8.07. The topological polar surface area (TPSA) is 86.1 Å². The second kappa shape index (κ2) is 7.79. The molecule has 0 saturated heterocycles. The Morgan fingerprint density at radius 2 is 1.78 bits per heavy atom. The third kappa shape index (κ3) is 3.90. The SMILES string of the molecule is CC(C)N(C(=O)c1ccccc1C(=O)N=[N+]=[N-])C1CCCCC1. The molecule has 23 heavy (non-hydrogen) atoms. The molecular formula is C17H22N4O2. The van der Waals surface area contributed by atoms with Crippen LogP contribution in [0.1, 0.15) is 66.7 Å². The quantitative estimate of drug-likeness (QED) is 0.471. The molecule has 1 fully saturated rings. The molecule has 0 unspecified atom stereocenters. The van der Waals surface area contributed by atoms with Crippen molar-refractivity contribution >= 4 is 11.8 Å². The van der Waals surface area contributed by atoms with Crippen molar-refractivity contribution in [3.8, 4) is 0 Å². The Labute approximate surface area is 136 Å². The highest BCUT2D eigenvalue weighted by molar-refractivity contribution is 6.07. The molecule has 0 spiro atoms. The molecule has 0 aromatic heterocycles. The van der Waals surface area contributed by atoms with E-state index < -0.39 is 5.91 Å². The normalized spacial score (nSPS) is 15.1. The number of rotatable bonds is 4. The third-order valence-electron chi connectivity index (χ3n) is 4.28. The summed E-state index contributed by atoms with van der Waals surface area (Å²) in [5, 5.41) is 3.13. The molecule has 0 N–H and O–H groups in total. The molecular weight excluding hydrogens is 292 g/mol. The largest absolute Gasteiger partial charge is 0.333 e. The fraction of sp³-hybridized carbons (Fsp3) is 0.529. The van der Waals surface area contributed by atoms with Crippen LogP contribution in [0.5, 0.6) is 0 Å². The minimum absolute atomic E-state index is 0.0493. The minimum atomic E-state index is -0.719. The third-order valence-corrected chi connectivity index (χ3v) is 4.28. The van der Waals surface area contributed by atoms with E-state index in [-0.39, 0.29) is 23.6 Å². The Hall–Kier alpha value is -2.33. The van der Waals surface area contributed by atoms with Crippen LogP contribution in [0.4, 0.5) is 0 Å². The van der Waals surface area contributed by atoms with Crippen molar-refractivity contribution in [1.82, 2.24) is 4.90 Å². The lowest BCUT2D eigenvalue weighted by atomic mass is 9.92. The first-order valence-corrected chi connectivity index (χ1v) is 8.07. The van der Waals surface area contributed by atoms with Crippen LogP contribution >= 0.6 is 0 Å². The fourth-order valence-electron chi connectivity index (χ4n) is 3.27. The lowest BCUT2D eigenvalue weighted by Gasteiger charge is -2.37. The van der Waals surface area contributed by atoms with Gasteiger partial charge in [-0.2, -0.15) is 0 Å². The van der Waals surface area contributed by atoms with Crippen molar-refractivity contribution in [2.24, 2.45) is 5.11 Å². The summed E-state index contributed by atoms with van der Waals surface area (Å²) in [6.07, 6.45) is 5.45. The van der Waals surface area contributed by atoms with Gasteiger partial charge in [0.25, 0.3) is 5.91 Å². The number of amides is 2. The maximum Gasteiger partial charge on any atom is 0.255 e. The molecule has 0 atom stereocenters. The zero-order valence-electron chi connectivity index (χ0n) is 13.6. The van der Waals surface area contributed by atoms with E-state index >= 15 is 0 Å². The van der Waals surface area contributed by atoms with Gasteiger partial charge >= 0.3 is 0 Å². The van der Waals surface area contributed by atoms with E-state index in [1.807, 2.05) is 18.7 Å². The van der Waals surface area contributed by atoms with Gasteiger partial charge in [-0.3, -0.25) is 9.59 Å². The monoisotopic (exact) mass is 314 g/mol. The molecule has 1 saturated carbocycles. The van der Waals surface area contributed by atoms with Gasteiger partial charge in [0.05, 0.1) is 5.56 Å². The molecule has 6 heteroatoms. The van der Waals surface area contributed by atoms with Crippen LogP contribution in [-0.4, -0.2) is 28.8 Å². The van der Waals surface area contributed by atoms with Crippen molar-refractivity contribution in [1.29, 1.82) is 0 Å². The van der Waals surface area contributed by atoms with E-state index in [9.17, 15) is 9.59 Å². The predicted octanol–water partition coefficient (Wildman–Crippen LogP) is 4.32. The number of carbonyl (C=O) groups excluding carboxylic acids is 2. The van der Waals surface area contributed by atoms with Crippen molar-refractivity contribution in [2.45, 2.75) is 58.0 Å². The van der Waals surface area contributed by atoms with Crippen LogP contribution < -0.4 is 0 Å². The molecule has 6 nitrogen and oxygen atoms in total. The van der Waals surface area contributed by atoms with Gasteiger partial charge in [-0.15, -0.1) is 0 Å². The number of azide groups is 1. The number of carbonyl (C=O) groups is 2. The second-order valence-corrected chi connectivity index (χ2v) is 6.14. The van der Waals surface area contributed by atoms with E-state index in [1.165, 1.54) is 12.5 Å². The van der Waals surface area contributed by atoms with E-state index in [4.69, 9.17) is 5.53 Å². The van der Waals surface area contributed by atoms with E-state index in [0.29, 0.717) is 5.56 Å². The summed E-state index contributed by atoms with van der Waals surface area (Å²) in [5.74, 6) is -0.882. The highest BCUT2D eigenvalue weighted by Gasteiger charge is 2.30. The first kappa shape index (κ1) is 17.0. The summed E-state index contributed by atoms with van der Waals surface area (Å²) in [5.41, 5.74) is 8.94. The Bertz CT molecular complexity index is 629. The van der Waals surface area contributed by atoms with Gasteiger partial charge in [0.2, 0.25) is 5.91 Å². The molecule has 1 aromatic carbocycles. The highest BCUT2D eigenvalue weighted by Crippen LogP contribution is 2.26. The fourth-order valence-corrected chi connectivity index (χ4v) is 3.27. The maximum atomic E-state index is 13.1. The summed E-state index contributed by atoms with van der Waals surface area (Å²) < 4.78 is 0. The van der Waals surface area contributed by atoms with Gasteiger partial charge in [-0.1, -0.05) is 37.5 Å². The lowest BCUT2D eigenvalue weighted by molar-refractivity contribution is 0.0552. The number of hydrogen-bond donors (Lipinski definition) is 0. The molecule has 122 valence electrons. The van der Waals surface area contributed by atoms with Crippen molar-refractivity contribution in [3.63, 3.8) is 0 Å². The summed E-state index contributed by atoms with van der Waals surface area (Å²) >= 11 is 0. The average molecular weight is 314 g/mol. The molecule has 2 rings (SSSR count). The summed E-state index contributed by atoms with van der Waals surface area (Å²) in [6.45, 7) is 3.98. The van der Waals surface area contributed by atoms with Gasteiger partial charge in [0.15, 0.2) is 0 Å². The summed E-state index contributed by atoms with van der Waals surface area (Å²) in [4.78, 5) is 29.4. The second-order valence-electron chi connectivity index (χ2n) is 6.14. The molecule has 2 amide bonds. The average Bonchev–Trinajstić information content (AvgIpc) is 2.56. The van der Waals surface area contributed by atoms with Gasteiger partial charge in [-0.25, -0.2) is 0 Å².